The third-order valence-electron chi connectivity index (χ3n) is 24.0. The Morgan fingerprint density at radius 3 is 1.07 bits per heavy atom. The van der Waals surface area contributed by atoms with Crippen molar-refractivity contribution in [3.63, 3.8) is 0 Å². The van der Waals surface area contributed by atoms with Crippen LogP contribution in [0.1, 0.15) is 84.9 Å². The molecule has 123 heavy (non-hydrogen) atoms. The molecule has 0 unspecified atom stereocenters. The highest BCUT2D eigenvalue weighted by atomic mass is 32.2. The number of pyridine rings is 3. The van der Waals surface area contributed by atoms with E-state index < -0.39 is 31.4 Å². The normalized spacial score (nSPS) is 19.1. The van der Waals surface area contributed by atoms with E-state index in [1.54, 1.807) is 55.2 Å². The number of benzene rings is 8. The molecular formula is C96H88N16O9S2. The second kappa shape index (κ2) is 32.7. The number of rotatable bonds is 19. The van der Waals surface area contributed by atoms with Crippen LogP contribution in [0, 0.1) is 19.8 Å². The summed E-state index contributed by atoms with van der Waals surface area (Å²) >= 11 is 0. The number of nitrogens with zero attached hydrogens (tertiary/aromatic N) is 13. The van der Waals surface area contributed by atoms with Crippen LogP contribution in [0.25, 0.3) is 117 Å². The van der Waals surface area contributed by atoms with E-state index >= 15 is 0 Å². The van der Waals surface area contributed by atoms with Crippen LogP contribution in [0.4, 0.5) is 17.5 Å². The molecule has 17 aromatic rings. The van der Waals surface area contributed by atoms with Crippen molar-refractivity contribution < 1.29 is 40.2 Å². The van der Waals surface area contributed by atoms with Gasteiger partial charge in [-0.3, -0.25) is 26.5 Å². The number of morpholine rings is 1. The van der Waals surface area contributed by atoms with Crippen LogP contribution in [0.15, 0.2) is 277 Å². The molecule has 9 aromatic heterocycles. The third-order valence-corrected chi connectivity index (χ3v) is 26.5. The predicted octanol–water partition coefficient (Wildman–Crippen LogP) is 16.1. The Morgan fingerprint density at radius 2 is 0.732 bits per heavy atom. The Balaban J connectivity index is 0.000000122. The monoisotopic (exact) mass is 1670 g/mol. The molecule has 4 aliphatic rings. The molecule has 0 amide bonds. The van der Waals surface area contributed by atoms with E-state index in [2.05, 4.69) is 78.8 Å². The molecule has 27 heteroatoms. The van der Waals surface area contributed by atoms with E-state index in [9.17, 15) is 27.0 Å². The largest absolute Gasteiger partial charge is 0.387 e. The first-order valence-corrected chi connectivity index (χ1v) is 43.9. The zero-order valence-electron chi connectivity index (χ0n) is 67.5. The van der Waals surface area contributed by atoms with Gasteiger partial charge in [-0.05, 0) is 119 Å². The molecule has 8 N–H and O–H groups in total. The summed E-state index contributed by atoms with van der Waals surface area (Å²) in [6.45, 7) is 8.03. The lowest BCUT2D eigenvalue weighted by atomic mass is 9.71. The Labute approximate surface area is 709 Å². The van der Waals surface area contributed by atoms with Crippen LogP contribution in [0.3, 0.4) is 0 Å². The zero-order valence-corrected chi connectivity index (χ0v) is 69.2. The maximum absolute atomic E-state index is 12.7. The molecule has 21 rings (SSSR count). The van der Waals surface area contributed by atoms with Crippen LogP contribution in [-0.2, 0) is 33.3 Å². The summed E-state index contributed by atoms with van der Waals surface area (Å²) in [4.78, 5) is 45.7. The molecule has 8 aromatic carbocycles. The lowest BCUT2D eigenvalue weighted by molar-refractivity contribution is -0.0802. The van der Waals surface area contributed by atoms with Gasteiger partial charge in [0, 0.05) is 124 Å². The summed E-state index contributed by atoms with van der Waals surface area (Å²) < 4.78 is 72.7. The maximum Gasteiger partial charge on any atom is 0.297 e. The number of fused-ring (bicyclic) bond motifs is 6. The molecule has 618 valence electrons. The van der Waals surface area contributed by atoms with E-state index in [1.165, 1.54) is 24.3 Å². The number of anilines is 3. The molecule has 1 saturated heterocycles. The molecule has 1 aliphatic heterocycles. The first-order chi connectivity index (χ1) is 59.6. The maximum atomic E-state index is 12.7. The van der Waals surface area contributed by atoms with Crippen molar-refractivity contribution in [1.29, 1.82) is 0 Å². The van der Waals surface area contributed by atoms with Crippen molar-refractivity contribution in [2.75, 3.05) is 63.3 Å². The fraction of sp³-hybridized carbons (Fsp3) is 0.219. The fourth-order valence-electron chi connectivity index (χ4n) is 17.3. The average molecular weight is 1670 g/mol. The Kier molecular flexibility index (Phi) is 21.2. The highest BCUT2D eigenvalue weighted by Crippen LogP contribution is 2.50. The van der Waals surface area contributed by atoms with Gasteiger partial charge in [0.25, 0.3) is 20.2 Å². The van der Waals surface area contributed by atoms with Gasteiger partial charge in [0.1, 0.15) is 68.6 Å². The number of hydrogen-bond acceptors (Lipinski definition) is 22. The summed E-state index contributed by atoms with van der Waals surface area (Å²) in [5.41, 5.74) is 34.1. The number of aryl methyl sites for hydroxylation is 2. The molecule has 3 saturated carbocycles. The molecule has 25 nitrogen and oxygen atoms in total. The topological polar surface area (TPSA) is 347 Å². The molecule has 0 radical (unpaired) electrons. The fourth-order valence-corrected chi connectivity index (χ4v) is 19.3. The van der Waals surface area contributed by atoms with Gasteiger partial charge in [-0.1, -0.05) is 181 Å². The predicted molar refractivity (Wildman–Crippen MR) is 476 cm³/mol. The highest BCUT2D eigenvalue weighted by Gasteiger charge is 2.48. The van der Waals surface area contributed by atoms with Crippen molar-refractivity contribution in [1.82, 2.24) is 63.0 Å². The number of nitrogen functional groups attached to an aromatic ring is 3. The van der Waals surface area contributed by atoms with Crippen LogP contribution in [0.2, 0.25) is 0 Å². The second-order valence-corrected chi connectivity index (χ2v) is 35.9. The van der Waals surface area contributed by atoms with E-state index in [1.807, 2.05) is 156 Å². The molecule has 10 heterocycles. The Bertz CT molecular complexity index is 6780. The van der Waals surface area contributed by atoms with Crippen LogP contribution < -0.4 is 17.2 Å². The SMILES string of the molecule is Cc1ccc(S(=O)(=O)OCC2(O)CC(c3nc(-c4ccc5ccc(-c6ccccc6)nc5c4)c4c(N)nccn34)C2)cc1.Cc1ccc(S(=O)(=O)OCC2(O)CC(c3nc(-c4ccc5ccc(-c6ccccc6)nc5c4)c4c(N)nccn34)C2)cc1.Nc1nccn2c(C3CC(CN4CCOCC4)C3)nc(-c3ccc4ccc(-c5ccccc5)nc4c3)c12. The van der Waals surface area contributed by atoms with Gasteiger partial charge in [0.05, 0.1) is 81.1 Å². The number of hydrogen-bond donors (Lipinski definition) is 5. The van der Waals surface area contributed by atoms with Gasteiger partial charge in [-0.2, -0.15) is 16.8 Å². The summed E-state index contributed by atoms with van der Waals surface area (Å²) in [5, 5.41) is 25.3. The third kappa shape index (κ3) is 16.2. The van der Waals surface area contributed by atoms with Gasteiger partial charge in [0.2, 0.25) is 0 Å². The first-order valence-electron chi connectivity index (χ1n) is 41.1. The van der Waals surface area contributed by atoms with Crippen LogP contribution >= 0.6 is 0 Å². The van der Waals surface area contributed by atoms with Gasteiger partial charge in [0.15, 0.2) is 0 Å². The molecule has 0 atom stereocenters. The van der Waals surface area contributed by atoms with Crippen molar-refractivity contribution >= 4 is 86.9 Å². The molecule has 4 fully saturated rings. The second-order valence-electron chi connectivity index (χ2n) is 32.6. The van der Waals surface area contributed by atoms with E-state index in [4.69, 9.17) is 60.2 Å². The summed E-state index contributed by atoms with van der Waals surface area (Å²) in [6, 6.07) is 73.8. The van der Waals surface area contributed by atoms with Crippen LogP contribution in [0.5, 0.6) is 0 Å². The first kappa shape index (κ1) is 79.7. The smallest absolute Gasteiger partial charge is 0.297 e. The Morgan fingerprint density at radius 1 is 0.407 bits per heavy atom. The number of aliphatic hydroxyl groups is 2. The zero-order chi connectivity index (χ0) is 84.3. The molecular weight excluding hydrogens is 1590 g/mol. The number of nitrogens with two attached hydrogens (primary N) is 3. The quantitative estimate of drug-likeness (QED) is 0.0469. The number of aromatic nitrogens is 12. The minimum atomic E-state index is -3.99. The van der Waals surface area contributed by atoms with Crippen molar-refractivity contribution in [2.24, 2.45) is 5.92 Å². The summed E-state index contributed by atoms with van der Waals surface area (Å²) in [7, 11) is -7.98. The summed E-state index contributed by atoms with van der Waals surface area (Å²) in [6.07, 6.45) is 14.1. The minimum absolute atomic E-state index is 0.0604. The van der Waals surface area contributed by atoms with E-state index in [-0.39, 0.29) is 60.5 Å². The number of ether oxygens (including phenoxy) is 1. The lowest BCUT2D eigenvalue weighted by Gasteiger charge is -2.42. The number of imidazole rings is 3. The average Bonchev–Trinajstić information content (AvgIpc) is 1.58. The van der Waals surface area contributed by atoms with Gasteiger partial charge >= 0.3 is 0 Å². The van der Waals surface area contributed by atoms with E-state index in [0.29, 0.717) is 51.7 Å². The van der Waals surface area contributed by atoms with Crippen LogP contribution in [-0.4, -0.2) is 147 Å². The van der Waals surface area contributed by atoms with Crippen molar-refractivity contribution in [3.8, 4) is 67.5 Å². The summed E-state index contributed by atoms with van der Waals surface area (Å²) in [5.74, 6) is 4.57. The molecule has 3 aliphatic carbocycles. The highest BCUT2D eigenvalue weighted by molar-refractivity contribution is 7.87. The van der Waals surface area contributed by atoms with Crippen molar-refractivity contribution in [2.45, 2.75) is 91.1 Å². The molecule has 0 bridgehead atoms. The minimum Gasteiger partial charge on any atom is -0.387 e. The lowest BCUT2D eigenvalue weighted by Crippen LogP contribution is -2.47. The Hall–Kier alpha value is -13.1. The standard InChI is InChI=1S/2C33H29N5O4S.C30H30N6O/c2*1-21-7-12-26(13-8-21)43(40,41)42-20-33(39)18-25(19-33)32-37-29(30-31(34)35-15-16-38(30)32)24-10-9-23-11-14-27(36-28(23)17-24)22-5-3-2-4-6-22;31-29-28-27(23-7-6-22-8-9-25(33-26(22)18-23)21-4-2-1-3-5-21)34-30(36(28)11-10-32-29)24-16-20(17-24)19-35-12-14-37-15-13-35/h2*2-17,25,39H,18-20H2,1H3,(H2,34,35);1-11,18,20,24H,12-17,19H2,(H2,31,32). The van der Waals surface area contributed by atoms with Gasteiger partial charge in [-0.15, -0.1) is 0 Å². The van der Waals surface area contributed by atoms with Gasteiger partial charge < -0.3 is 32.2 Å². The van der Waals surface area contributed by atoms with Gasteiger partial charge in [-0.25, -0.2) is 44.9 Å². The molecule has 0 spiro atoms. The van der Waals surface area contributed by atoms with E-state index in [0.717, 1.165) is 169 Å². The van der Waals surface area contributed by atoms with Crippen molar-refractivity contribution in [3.05, 3.63) is 296 Å².